The van der Waals surface area contributed by atoms with E-state index in [0.29, 0.717) is 12.1 Å². The molecule has 1 aromatic carbocycles. The van der Waals surface area contributed by atoms with Gasteiger partial charge in [-0.25, -0.2) is 0 Å². The Morgan fingerprint density at radius 3 is 2.60 bits per heavy atom. The van der Waals surface area contributed by atoms with Crippen LogP contribution in [0.3, 0.4) is 0 Å². The lowest BCUT2D eigenvalue weighted by atomic mass is 10.0. The SMILES string of the molecule is Cc1ccc(-c2cncc(C(=O)N[C@@H](C)CN)c2)cc1. The van der Waals surface area contributed by atoms with Gasteiger partial charge in [0.05, 0.1) is 5.56 Å². The third kappa shape index (κ3) is 3.42. The second kappa shape index (κ2) is 6.30. The van der Waals surface area contributed by atoms with Crippen LogP contribution in [0.2, 0.25) is 0 Å². The first-order valence-corrected chi connectivity index (χ1v) is 6.63. The van der Waals surface area contributed by atoms with Crippen molar-refractivity contribution in [3.63, 3.8) is 0 Å². The molecule has 1 heterocycles. The Labute approximate surface area is 119 Å². The average molecular weight is 269 g/mol. The predicted octanol–water partition coefficient (Wildman–Crippen LogP) is 2.13. The van der Waals surface area contributed by atoms with Gasteiger partial charge in [0.25, 0.3) is 5.91 Å². The number of hydrogen-bond donors (Lipinski definition) is 2. The molecule has 0 spiro atoms. The second-order valence-corrected chi connectivity index (χ2v) is 4.94. The van der Waals surface area contributed by atoms with Crippen LogP contribution in [-0.2, 0) is 0 Å². The summed E-state index contributed by atoms with van der Waals surface area (Å²) < 4.78 is 0. The van der Waals surface area contributed by atoms with Crippen LogP contribution in [0.4, 0.5) is 0 Å². The number of benzene rings is 1. The summed E-state index contributed by atoms with van der Waals surface area (Å²) in [5.74, 6) is -0.149. The number of rotatable bonds is 4. The highest BCUT2D eigenvalue weighted by Gasteiger charge is 2.10. The molecule has 4 nitrogen and oxygen atoms in total. The minimum absolute atomic E-state index is 0.0504. The Hall–Kier alpha value is -2.20. The molecule has 1 amide bonds. The van der Waals surface area contributed by atoms with Crippen LogP contribution in [-0.4, -0.2) is 23.5 Å². The zero-order chi connectivity index (χ0) is 14.5. The molecule has 4 heteroatoms. The van der Waals surface area contributed by atoms with Gasteiger partial charge in [-0.2, -0.15) is 0 Å². The van der Waals surface area contributed by atoms with Gasteiger partial charge in [0.2, 0.25) is 0 Å². The van der Waals surface area contributed by atoms with Crippen molar-refractivity contribution in [2.75, 3.05) is 6.54 Å². The van der Waals surface area contributed by atoms with E-state index < -0.39 is 0 Å². The van der Waals surface area contributed by atoms with Crippen molar-refractivity contribution in [1.82, 2.24) is 10.3 Å². The van der Waals surface area contributed by atoms with Crippen molar-refractivity contribution >= 4 is 5.91 Å². The lowest BCUT2D eigenvalue weighted by Gasteiger charge is -2.11. The number of nitrogens with one attached hydrogen (secondary N) is 1. The van der Waals surface area contributed by atoms with Gasteiger partial charge in [-0.1, -0.05) is 29.8 Å². The minimum Gasteiger partial charge on any atom is -0.348 e. The number of carbonyl (C=O) groups excluding carboxylic acids is 1. The maximum atomic E-state index is 12.0. The minimum atomic E-state index is -0.149. The molecule has 1 atom stereocenters. The second-order valence-electron chi connectivity index (χ2n) is 4.94. The van der Waals surface area contributed by atoms with E-state index >= 15 is 0 Å². The molecule has 0 aliphatic heterocycles. The van der Waals surface area contributed by atoms with E-state index in [1.54, 1.807) is 12.4 Å². The van der Waals surface area contributed by atoms with E-state index in [1.807, 2.05) is 44.2 Å². The molecule has 2 aromatic rings. The van der Waals surface area contributed by atoms with Gasteiger partial charge in [-0.05, 0) is 25.5 Å². The molecule has 3 N–H and O–H groups in total. The molecule has 2 rings (SSSR count). The fraction of sp³-hybridized carbons (Fsp3) is 0.250. The van der Waals surface area contributed by atoms with Gasteiger partial charge in [0.15, 0.2) is 0 Å². The maximum absolute atomic E-state index is 12.0. The summed E-state index contributed by atoms with van der Waals surface area (Å²) in [6.45, 7) is 4.33. The van der Waals surface area contributed by atoms with Gasteiger partial charge in [-0.15, -0.1) is 0 Å². The predicted molar refractivity (Wildman–Crippen MR) is 80.4 cm³/mol. The number of aromatic nitrogens is 1. The fourth-order valence-corrected chi connectivity index (χ4v) is 1.83. The lowest BCUT2D eigenvalue weighted by molar-refractivity contribution is 0.0941. The third-order valence-corrected chi connectivity index (χ3v) is 3.12. The zero-order valence-electron chi connectivity index (χ0n) is 11.8. The summed E-state index contributed by atoms with van der Waals surface area (Å²) in [5, 5.41) is 2.83. The highest BCUT2D eigenvalue weighted by atomic mass is 16.1. The van der Waals surface area contributed by atoms with Crippen LogP contribution >= 0.6 is 0 Å². The van der Waals surface area contributed by atoms with Crippen molar-refractivity contribution < 1.29 is 4.79 Å². The Morgan fingerprint density at radius 2 is 1.95 bits per heavy atom. The first kappa shape index (κ1) is 14.2. The van der Waals surface area contributed by atoms with E-state index in [1.165, 1.54) is 5.56 Å². The molecule has 0 radical (unpaired) electrons. The van der Waals surface area contributed by atoms with E-state index in [0.717, 1.165) is 11.1 Å². The summed E-state index contributed by atoms with van der Waals surface area (Å²) in [7, 11) is 0. The average Bonchev–Trinajstić information content (AvgIpc) is 2.48. The van der Waals surface area contributed by atoms with Crippen LogP contribution in [0, 0.1) is 6.92 Å². The largest absolute Gasteiger partial charge is 0.348 e. The van der Waals surface area contributed by atoms with Crippen LogP contribution < -0.4 is 11.1 Å². The highest BCUT2D eigenvalue weighted by Crippen LogP contribution is 2.19. The van der Waals surface area contributed by atoms with Crippen LogP contribution in [0.1, 0.15) is 22.8 Å². The number of pyridine rings is 1. The Balaban J connectivity index is 2.23. The van der Waals surface area contributed by atoms with Crippen molar-refractivity contribution in [1.29, 1.82) is 0 Å². The maximum Gasteiger partial charge on any atom is 0.253 e. The van der Waals surface area contributed by atoms with Gasteiger partial charge >= 0.3 is 0 Å². The van der Waals surface area contributed by atoms with Gasteiger partial charge in [0.1, 0.15) is 0 Å². The number of amides is 1. The summed E-state index contributed by atoms with van der Waals surface area (Å²) in [6.07, 6.45) is 3.32. The Bertz CT molecular complexity index is 593. The van der Waals surface area contributed by atoms with Crippen molar-refractivity contribution in [3.05, 3.63) is 53.9 Å². The molecule has 0 aliphatic rings. The van der Waals surface area contributed by atoms with Gasteiger partial charge in [-0.3, -0.25) is 9.78 Å². The number of nitrogens with two attached hydrogens (primary N) is 1. The smallest absolute Gasteiger partial charge is 0.253 e. The number of carbonyl (C=O) groups is 1. The normalized spacial score (nSPS) is 11.9. The molecule has 0 saturated carbocycles. The first-order valence-electron chi connectivity index (χ1n) is 6.63. The molecule has 104 valence electrons. The third-order valence-electron chi connectivity index (χ3n) is 3.12. The summed E-state index contributed by atoms with van der Waals surface area (Å²) in [4.78, 5) is 16.2. The van der Waals surface area contributed by atoms with Gasteiger partial charge < -0.3 is 11.1 Å². The van der Waals surface area contributed by atoms with E-state index in [9.17, 15) is 4.79 Å². The molecule has 0 unspecified atom stereocenters. The van der Waals surface area contributed by atoms with E-state index in [2.05, 4.69) is 10.3 Å². The van der Waals surface area contributed by atoms with E-state index in [-0.39, 0.29) is 11.9 Å². The molecule has 0 fully saturated rings. The van der Waals surface area contributed by atoms with E-state index in [4.69, 9.17) is 5.73 Å². The number of aryl methyl sites for hydroxylation is 1. The molecular formula is C16H19N3O. The standard InChI is InChI=1S/C16H19N3O/c1-11-3-5-13(6-4-11)14-7-15(10-18-9-14)16(20)19-12(2)8-17/h3-7,9-10,12H,8,17H2,1-2H3,(H,19,20)/t12-/m0/s1. The van der Waals surface area contributed by atoms with Crippen molar-refractivity contribution in [3.8, 4) is 11.1 Å². The summed E-state index contributed by atoms with van der Waals surface area (Å²) in [6, 6.07) is 9.92. The summed E-state index contributed by atoms with van der Waals surface area (Å²) in [5.41, 5.74) is 9.22. The zero-order valence-corrected chi connectivity index (χ0v) is 11.8. The van der Waals surface area contributed by atoms with Crippen LogP contribution in [0.5, 0.6) is 0 Å². The lowest BCUT2D eigenvalue weighted by Crippen LogP contribution is -2.37. The summed E-state index contributed by atoms with van der Waals surface area (Å²) >= 11 is 0. The quantitative estimate of drug-likeness (QED) is 0.893. The Morgan fingerprint density at radius 1 is 1.25 bits per heavy atom. The van der Waals surface area contributed by atoms with Crippen LogP contribution in [0.15, 0.2) is 42.7 Å². The fourth-order valence-electron chi connectivity index (χ4n) is 1.83. The van der Waals surface area contributed by atoms with Crippen molar-refractivity contribution in [2.45, 2.75) is 19.9 Å². The molecule has 0 bridgehead atoms. The molecule has 20 heavy (non-hydrogen) atoms. The topological polar surface area (TPSA) is 68.0 Å². The van der Waals surface area contributed by atoms with Gasteiger partial charge in [0, 0.05) is 30.5 Å². The first-order chi connectivity index (χ1) is 9.60. The molecule has 1 aromatic heterocycles. The molecule has 0 aliphatic carbocycles. The monoisotopic (exact) mass is 269 g/mol. The van der Waals surface area contributed by atoms with Crippen LogP contribution in [0.25, 0.3) is 11.1 Å². The molecular weight excluding hydrogens is 250 g/mol. The van der Waals surface area contributed by atoms with Crippen molar-refractivity contribution in [2.24, 2.45) is 5.73 Å². The number of hydrogen-bond acceptors (Lipinski definition) is 3. The highest BCUT2D eigenvalue weighted by molar-refractivity contribution is 5.95. The number of nitrogens with zero attached hydrogens (tertiary/aromatic N) is 1. The molecule has 0 saturated heterocycles. The Kier molecular flexibility index (Phi) is 4.48.